The van der Waals surface area contributed by atoms with Crippen molar-refractivity contribution in [1.29, 1.82) is 0 Å². The fourth-order valence-electron chi connectivity index (χ4n) is 0.945. The molecular weight excluding hydrogens is 220 g/mol. The Kier molecular flexibility index (Phi) is 4.11. The Balaban J connectivity index is 2.73. The summed E-state index contributed by atoms with van der Waals surface area (Å²) >= 11 is 4.51. The van der Waals surface area contributed by atoms with Crippen LogP contribution >= 0.6 is 12.2 Å². The Bertz CT molecular complexity index is 379. The number of nitrogens with one attached hydrogen (secondary N) is 1. The van der Waals surface area contributed by atoms with E-state index in [1.54, 1.807) is 6.07 Å². The van der Waals surface area contributed by atoms with Gasteiger partial charge in [0.15, 0.2) is 5.11 Å². The molecule has 1 rings (SSSR count). The topological polar surface area (TPSA) is 50.4 Å². The number of hydrogen-bond acceptors (Lipinski definition) is 2. The molecule has 3 N–H and O–H groups in total. The second kappa shape index (κ2) is 5.35. The van der Waals surface area contributed by atoms with Gasteiger partial charge in [0, 0.05) is 5.56 Å². The molecule has 1 aromatic carbocycles. The SMILES string of the molecule is NC(=S)N/N=C/c1cccc(C(F)F)c1. The van der Waals surface area contributed by atoms with E-state index < -0.39 is 6.43 Å². The van der Waals surface area contributed by atoms with Crippen LogP contribution in [0.5, 0.6) is 0 Å². The van der Waals surface area contributed by atoms with Crippen LogP contribution in [-0.2, 0) is 0 Å². The van der Waals surface area contributed by atoms with E-state index in [4.69, 9.17) is 5.73 Å². The van der Waals surface area contributed by atoms with E-state index in [-0.39, 0.29) is 10.7 Å². The molecule has 0 aliphatic heterocycles. The molecule has 0 unspecified atom stereocenters. The monoisotopic (exact) mass is 229 g/mol. The van der Waals surface area contributed by atoms with Crippen molar-refractivity contribution in [3.05, 3.63) is 35.4 Å². The van der Waals surface area contributed by atoms with E-state index in [0.717, 1.165) is 0 Å². The summed E-state index contributed by atoms with van der Waals surface area (Å²) in [6.07, 6.45) is -1.12. The van der Waals surface area contributed by atoms with Crippen molar-refractivity contribution in [2.75, 3.05) is 0 Å². The molecule has 15 heavy (non-hydrogen) atoms. The summed E-state index contributed by atoms with van der Waals surface area (Å²) in [5.74, 6) is 0. The second-order valence-corrected chi connectivity index (χ2v) is 3.14. The first-order valence-electron chi connectivity index (χ1n) is 4.06. The minimum atomic E-state index is -2.48. The Morgan fingerprint density at radius 3 is 2.87 bits per heavy atom. The number of halogens is 2. The summed E-state index contributed by atoms with van der Waals surface area (Å²) in [5.41, 5.74) is 7.96. The first kappa shape index (κ1) is 11.5. The van der Waals surface area contributed by atoms with E-state index in [0.29, 0.717) is 5.56 Å². The van der Waals surface area contributed by atoms with Crippen molar-refractivity contribution in [1.82, 2.24) is 5.43 Å². The van der Waals surface area contributed by atoms with Crippen molar-refractivity contribution in [2.45, 2.75) is 6.43 Å². The van der Waals surface area contributed by atoms with Gasteiger partial charge < -0.3 is 5.73 Å². The van der Waals surface area contributed by atoms with Gasteiger partial charge in [-0.15, -0.1) is 0 Å². The standard InChI is InChI=1S/C9H9F2N3S/c10-8(11)7-3-1-2-6(4-7)5-13-14-9(12)15/h1-5,8H,(H3,12,14,15)/b13-5+. The number of benzene rings is 1. The highest BCUT2D eigenvalue weighted by Gasteiger charge is 2.05. The summed E-state index contributed by atoms with van der Waals surface area (Å²) in [7, 11) is 0. The van der Waals surface area contributed by atoms with Crippen LogP contribution in [0, 0.1) is 0 Å². The molecule has 0 aliphatic rings. The quantitative estimate of drug-likeness (QED) is 0.472. The van der Waals surface area contributed by atoms with Crippen molar-refractivity contribution < 1.29 is 8.78 Å². The van der Waals surface area contributed by atoms with E-state index in [1.165, 1.54) is 24.4 Å². The molecule has 6 heteroatoms. The molecular formula is C9H9F2N3S. The van der Waals surface area contributed by atoms with Crippen molar-refractivity contribution in [2.24, 2.45) is 10.8 Å². The van der Waals surface area contributed by atoms with Crippen LogP contribution in [-0.4, -0.2) is 11.3 Å². The van der Waals surface area contributed by atoms with Gasteiger partial charge in [0.1, 0.15) is 0 Å². The van der Waals surface area contributed by atoms with Gasteiger partial charge in [-0.2, -0.15) is 5.10 Å². The van der Waals surface area contributed by atoms with Crippen LogP contribution in [0.15, 0.2) is 29.4 Å². The fourth-order valence-corrected chi connectivity index (χ4v) is 0.998. The van der Waals surface area contributed by atoms with Crippen molar-refractivity contribution >= 4 is 23.5 Å². The molecule has 0 heterocycles. The molecule has 0 saturated heterocycles. The van der Waals surface area contributed by atoms with Crippen LogP contribution in [0.2, 0.25) is 0 Å². The normalized spacial score (nSPS) is 10.9. The molecule has 0 aromatic heterocycles. The molecule has 1 aromatic rings. The third kappa shape index (κ3) is 3.99. The van der Waals surface area contributed by atoms with Gasteiger partial charge in [-0.3, -0.25) is 5.43 Å². The van der Waals surface area contributed by atoms with E-state index in [1.807, 2.05) is 0 Å². The number of nitrogens with two attached hydrogens (primary N) is 1. The van der Waals surface area contributed by atoms with Gasteiger partial charge >= 0.3 is 0 Å². The average Bonchev–Trinajstić information content (AvgIpc) is 2.17. The summed E-state index contributed by atoms with van der Waals surface area (Å²) in [6.45, 7) is 0. The Morgan fingerprint density at radius 2 is 2.27 bits per heavy atom. The lowest BCUT2D eigenvalue weighted by molar-refractivity contribution is 0.151. The maximum Gasteiger partial charge on any atom is 0.263 e. The third-order valence-corrected chi connectivity index (χ3v) is 1.64. The third-order valence-electron chi connectivity index (χ3n) is 1.55. The maximum atomic E-state index is 12.3. The molecule has 0 atom stereocenters. The van der Waals surface area contributed by atoms with Gasteiger partial charge in [-0.1, -0.05) is 18.2 Å². The lowest BCUT2D eigenvalue weighted by Crippen LogP contribution is -2.23. The van der Waals surface area contributed by atoms with Crippen LogP contribution in [0.25, 0.3) is 0 Å². The summed E-state index contributed by atoms with van der Waals surface area (Å²) in [4.78, 5) is 0. The summed E-state index contributed by atoms with van der Waals surface area (Å²) in [5, 5.41) is 3.68. The zero-order valence-electron chi connectivity index (χ0n) is 7.65. The lowest BCUT2D eigenvalue weighted by atomic mass is 10.1. The number of alkyl halides is 2. The smallest absolute Gasteiger partial charge is 0.263 e. The van der Waals surface area contributed by atoms with Gasteiger partial charge in [-0.05, 0) is 23.8 Å². The first-order chi connectivity index (χ1) is 7.09. The Morgan fingerprint density at radius 1 is 1.53 bits per heavy atom. The molecule has 0 radical (unpaired) electrons. The number of nitrogens with zero attached hydrogens (tertiary/aromatic N) is 1. The molecule has 0 fully saturated rings. The average molecular weight is 229 g/mol. The highest BCUT2D eigenvalue weighted by Crippen LogP contribution is 2.18. The minimum absolute atomic E-state index is 0.0243. The first-order valence-corrected chi connectivity index (χ1v) is 4.47. The van der Waals surface area contributed by atoms with E-state index in [9.17, 15) is 8.78 Å². The maximum absolute atomic E-state index is 12.3. The van der Waals surface area contributed by atoms with Crippen LogP contribution in [0.3, 0.4) is 0 Å². The molecule has 3 nitrogen and oxygen atoms in total. The highest BCUT2D eigenvalue weighted by atomic mass is 32.1. The second-order valence-electron chi connectivity index (χ2n) is 2.71. The van der Waals surface area contributed by atoms with Crippen LogP contribution < -0.4 is 11.2 Å². The van der Waals surface area contributed by atoms with Crippen molar-refractivity contribution in [3.8, 4) is 0 Å². The van der Waals surface area contributed by atoms with Crippen LogP contribution in [0.1, 0.15) is 17.6 Å². The number of hydrogen-bond donors (Lipinski definition) is 2. The predicted octanol–water partition coefficient (Wildman–Crippen LogP) is 1.79. The largest absolute Gasteiger partial charge is 0.375 e. The van der Waals surface area contributed by atoms with E-state index in [2.05, 4.69) is 22.7 Å². The molecule has 80 valence electrons. The minimum Gasteiger partial charge on any atom is -0.375 e. The zero-order chi connectivity index (χ0) is 11.3. The number of rotatable bonds is 3. The Labute approximate surface area is 91.0 Å². The van der Waals surface area contributed by atoms with Crippen LogP contribution in [0.4, 0.5) is 8.78 Å². The fraction of sp³-hybridized carbons (Fsp3) is 0.111. The molecule has 0 aliphatic carbocycles. The lowest BCUT2D eigenvalue weighted by Gasteiger charge is -2.00. The molecule has 0 saturated carbocycles. The van der Waals surface area contributed by atoms with Gasteiger partial charge in [0.25, 0.3) is 6.43 Å². The van der Waals surface area contributed by atoms with Gasteiger partial charge in [0.2, 0.25) is 0 Å². The number of thiocarbonyl (C=S) groups is 1. The predicted molar refractivity (Wildman–Crippen MR) is 58.9 cm³/mol. The highest BCUT2D eigenvalue weighted by molar-refractivity contribution is 7.80. The van der Waals surface area contributed by atoms with Gasteiger partial charge in [-0.25, -0.2) is 8.78 Å². The summed E-state index contributed by atoms with van der Waals surface area (Å²) < 4.78 is 24.6. The number of hydrazone groups is 1. The van der Waals surface area contributed by atoms with Crippen molar-refractivity contribution in [3.63, 3.8) is 0 Å². The molecule has 0 spiro atoms. The zero-order valence-corrected chi connectivity index (χ0v) is 8.47. The van der Waals surface area contributed by atoms with Gasteiger partial charge in [0.05, 0.1) is 6.21 Å². The molecule has 0 amide bonds. The Hall–Kier alpha value is -1.56. The molecule has 0 bridgehead atoms. The summed E-state index contributed by atoms with van der Waals surface area (Å²) in [6, 6.07) is 5.87. The van der Waals surface area contributed by atoms with E-state index >= 15 is 0 Å².